The zero-order valence-electron chi connectivity index (χ0n) is 6.10. The van der Waals surface area contributed by atoms with Crippen LogP contribution in [0.3, 0.4) is 0 Å². The molecule has 0 amide bonds. The van der Waals surface area contributed by atoms with Gasteiger partial charge in [-0.25, -0.2) is 8.78 Å². The van der Waals surface area contributed by atoms with E-state index in [-0.39, 0.29) is 12.2 Å². The standard InChI is InChI=1S/C7H7BrF2N2/c8-5-1-6(7(9)10)12-3-4(5)2-11/h1,3,7H,2,11H2. The van der Waals surface area contributed by atoms with Gasteiger partial charge in [-0.1, -0.05) is 15.9 Å². The number of halogens is 3. The molecule has 0 fully saturated rings. The predicted octanol–water partition coefficient (Wildman–Crippen LogP) is 2.24. The number of alkyl halides is 2. The second-order valence-corrected chi connectivity index (χ2v) is 3.06. The van der Waals surface area contributed by atoms with E-state index in [2.05, 4.69) is 20.9 Å². The van der Waals surface area contributed by atoms with E-state index >= 15 is 0 Å². The first kappa shape index (κ1) is 9.54. The molecule has 0 spiro atoms. The summed E-state index contributed by atoms with van der Waals surface area (Å²) in [6.45, 7) is 0.289. The molecule has 66 valence electrons. The average molecular weight is 237 g/mol. The molecule has 2 nitrogen and oxygen atoms in total. The molecule has 5 heteroatoms. The van der Waals surface area contributed by atoms with Crippen LogP contribution in [0.5, 0.6) is 0 Å². The highest BCUT2D eigenvalue weighted by molar-refractivity contribution is 9.10. The van der Waals surface area contributed by atoms with E-state index in [4.69, 9.17) is 5.73 Å². The van der Waals surface area contributed by atoms with Gasteiger partial charge < -0.3 is 5.73 Å². The highest BCUT2D eigenvalue weighted by Crippen LogP contribution is 2.22. The molecule has 0 saturated heterocycles. The van der Waals surface area contributed by atoms with E-state index in [9.17, 15) is 8.78 Å². The minimum absolute atomic E-state index is 0.237. The molecule has 0 atom stereocenters. The summed E-state index contributed by atoms with van der Waals surface area (Å²) >= 11 is 3.12. The Morgan fingerprint density at radius 2 is 2.25 bits per heavy atom. The molecule has 0 radical (unpaired) electrons. The summed E-state index contributed by atoms with van der Waals surface area (Å²) in [6, 6.07) is 1.28. The minimum atomic E-state index is -2.53. The molecule has 0 aliphatic heterocycles. The van der Waals surface area contributed by atoms with E-state index in [1.54, 1.807) is 0 Å². The van der Waals surface area contributed by atoms with E-state index in [1.807, 2.05) is 0 Å². The van der Waals surface area contributed by atoms with E-state index in [0.717, 1.165) is 5.56 Å². The molecular formula is C7H7BrF2N2. The molecule has 0 saturated carbocycles. The smallest absolute Gasteiger partial charge is 0.280 e. The van der Waals surface area contributed by atoms with Crippen LogP contribution in [-0.2, 0) is 6.54 Å². The lowest BCUT2D eigenvalue weighted by molar-refractivity contribution is 0.146. The zero-order chi connectivity index (χ0) is 9.14. The van der Waals surface area contributed by atoms with Crippen molar-refractivity contribution in [2.45, 2.75) is 13.0 Å². The third-order valence-electron chi connectivity index (χ3n) is 1.39. The van der Waals surface area contributed by atoms with Gasteiger partial charge in [0.25, 0.3) is 6.43 Å². The lowest BCUT2D eigenvalue weighted by atomic mass is 10.2. The van der Waals surface area contributed by atoms with Crippen LogP contribution >= 0.6 is 15.9 Å². The van der Waals surface area contributed by atoms with Gasteiger partial charge in [-0.05, 0) is 11.6 Å². The molecule has 1 aromatic rings. The third-order valence-corrected chi connectivity index (χ3v) is 2.13. The predicted molar refractivity (Wildman–Crippen MR) is 44.8 cm³/mol. The van der Waals surface area contributed by atoms with E-state index < -0.39 is 6.43 Å². The van der Waals surface area contributed by atoms with Crippen LogP contribution in [0.1, 0.15) is 17.7 Å². The molecule has 12 heavy (non-hydrogen) atoms. The van der Waals surface area contributed by atoms with Crippen molar-refractivity contribution in [3.63, 3.8) is 0 Å². The lowest BCUT2D eigenvalue weighted by Crippen LogP contribution is -2.00. The Bertz CT molecular complexity index is 278. The maximum absolute atomic E-state index is 12.1. The van der Waals surface area contributed by atoms with Gasteiger partial charge in [0.15, 0.2) is 0 Å². The van der Waals surface area contributed by atoms with Crippen LogP contribution in [0, 0.1) is 0 Å². The molecule has 0 bridgehead atoms. The van der Waals surface area contributed by atoms with Gasteiger partial charge in [-0.15, -0.1) is 0 Å². The van der Waals surface area contributed by atoms with E-state index in [1.165, 1.54) is 12.3 Å². The Balaban J connectivity index is 3.02. The number of nitrogens with zero attached hydrogens (tertiary/aromatic N) is 1. The quantitative estimate of drug-likeness (QED) is 0.856. The molecule has 1 rings (SSSR count). The van der Waals surface area contributed by atoms with Crippen molar-refractivity contribution in [2.24, 2.45) is 5.73 Å². The maximum Gasteiger partial charge on any atom is 0.280 e. The van der Waals surface area contributed by atoms with Crippen molar-refractivity contribution in [2.75, 3.05) is 0 Å². The largest absolute Gasteiger partial charge is 0.326 e. The number of hydrogen-bond acceptors (Lipinski definition) is 2. The van der Waals surface area contributed by atoms with Crippen molar-refractivity contribution in [1.29, 1.82) is 0 Å². The van der Waals surface area contributed by atoms with Gasteiger partial charge in [-0.3, -0.25) is 4.98 Å². The van der Waals surface area contributed by atoms with Crippen LogP contribution < -0.4 is 5.73 Å². The van der Waals surface area contributed by atoms with Crippen LogP contribution in [0.15, 0.2) is 16.7 Å². The number of nitrogens with two attached hydrogens (primary N) is 1. The summed E-state index contributed by atoms with van der Waals surface area (Å²) in [7, 11) is 0. The molecule has 1 aromatic heterocycles. The van der Waals surface area contributed by atoms with Gasteiger partial charge >= 0.3 is 0 Å². The summed E-state index contributed by atoms with van der Waals surface area (Å²) in [5.41, 5.74) is 5.80. The van der Waals surface area contributed by atoms with Crippen LogP contribution in [0.25, 0.3) is 0 Å². The average Bonchev–Trinajstić information content (AvgIpc) is 2.04. The SMILES string of the molecule is NCc1cnc(C(F)F)cc1Br. The zero-order valence-corrected chi connectivity index (χ0v) is 7.68. The fourth-order valence-electron chi connectivity index (χ4n) is 0.743. The highest BCUT2D eigenvalue weighted by atomic mass is 79.9. The van der Waals surface area contributed by atoms with Gasteiger partial charge in [0, 0.05) is 17.2 Å². The Morgan fingerprint density at radius 3 is 2.67 bits per heavy atom. The summed E-state index contributed by atoms with van der Waals surface area (Å²) in [5.74, 6) is 0. The van der Waals surface area contributed by atoms with Crippen LogP contribution in [-0.4, -0.2) is 4.98 Å². The number of pyridine rings is 1. The van der Waals surface area contributed by atoms with Crippen molar-refractivity contribution in [1.82, 2.24) is 4.98 Å². The number of aromatic nitrogens is 1. The fourth-order valence-corrected chi connectivity index (χ4v) is 1.24. The molecule has 0 aromatic carbocycles. The second-order valence-electron chi connectivity index (χ2n) is 2.21. The molecule has 1 heterocycles. The van der Waals surface area contributed by atoms with Crippen molar-refractivity contribution in [3.05, 3.63) is 28.0 Å². The summed E-state index contributed by atoms with van der Waals surface area (Å²) in [4.78, 5) is 3.55. The molecule has 0 aliphatic rings. The minimum Gasteiger partial charge on any atom is -0.326 e. The summed E-state index contributed by atoms with van der Waals surface area (Å²) in [6.07, 6.45) is -1.18. The molecule has 2 N–H and O–H groups in total. The topological polar surface area (TPSA) is 38.9 Å². The Morgan fingerprint density at radius 1 is 1.58 bits per heavy atom. The van der Waals surface area contributed by atoms with Gasteiger partial charge in [-0.2, -0.15) is 0 Å². The Kier molecular flexibility index (Phi) is 3.11. The third kappa shape index (κ3) is 1.98. The van der Waals surface area contributed by atoms with Gasteiger partial charge in [0.05, 0.1) is 0 Å². The summed E-state index contributed by atoms with van der Waals surface area (Å²) in [5, 5.41) is 0. The Hall–Kier alpha value is -0.550. The van der Waals surface area contributed by atoms with Crippen LogP contribution in [0.4, 0.5) is 8.78 Å². The van der Waals surface area contributed by atoms with Crippen molar-refractivity contribution < 1.29 is 8.78 Å². The number of rotatable bonds is 2. The van der Waals surface area contributed by atoms with Crippen LogP contribution in [0.2, 0.25) is 0 Å². The van der Waals surface area contributed by atoms with Gasteiger partial charge in [0.2, 0.25) is 0 Å². The first-order valence-electron chi connectivity index (χ1n) is 3.27. The molecule has 0 unspecified atom stereocenters. The Labute approximate surface area is 76.9 Å². The maximum atomic E-state index is 12.1. The highest BCUT2D eigenvalue weighted by Gasteiger charge is 2.10. The first-order valence-corrected chi connectivity index (χ1v) is 4.07. The van der Waals surface area contributed by atoms with Gasteiger partial charge in [0.1, 0.15) is 5.69 Å². The normalized spacial score (nSPS) is 10.8. The molecular weight excluding hydrogens is 230 g/mol. The monoisotopic (exact) mass is 236 g/mol. The fraction of sp³-hybridized carbons (Fsp3) is 0.286. The second kappa shape index (κ2) is 3.91. The lowest BCUT2D eigenvalue weighted by Gasteiger charge is -2.02. The van der Waals surface area contributed by atoms with E-state index in [0.29, 0.717) is 4.47 Å². The van der Waals surface area contributed by atoms with Crippen molar-refractivity contribution >= 4 is 15.9 Å². The van der Waals surface area contributed by atoms with Crippen molar-refractivity contribution in [3.8, 4) is 0 Å². The number of hydrogen-bond donors (Lipinski definition) is 1. The summed E-state index contributed by atoms with van der Waals surface area (Å²) < 4.78 is 24.7. The first-order chi connectivity index (χ1) is 5.65. The molecule has 0 aliphatic carbocycles.